The summed E-state index contributed by atoms with van der Waals surface area (Å²) in [6.45, 7) is -0.718. The number of hydrogen-bond donors (Lipinski definition) is 0. The van der Waals surface area contributed by atoms with Crippen LogP contribution in [0.5, 0.6) is 11.5 Å². The molecular formula is C43H24F6O2S2. The summed E-state index contributed by atoms with van der Waals surface area (Å²) in [5.41, 5.74) is -2.14. The smallest absolute Gasteiger partial charge is 0.380 e. The van der Waals surface area contributed by atoms with Crippen LogP contribution in [0.15, 0.2) is 121 Å². The molecule has 0 unspecified atom stereocenters. The van der Waals surface area contributed by atoms with Crippen molar-refractivity contribution >= 4 is 75.5 Å². The molecule has 0 saturated carbocycles. The van der Waals surface area contributed by atoms with Gasteiger partial charge in [-0.3, -0.25) is 0 Å². The molecule has 0 radical (unpaired) electrons. The van der Waals surface area contributed by atoms with Crippen molar-refractivity contribution in [2.24, 2.45) is 0 Å². The summed E-state index contributed by atoms with van der Waals surface area (Å²) in [5, 5.41) is 3.82. The predicted octanol–water partition coefficient (Wildman–Crippen LogP) is 13.4. The van der Waals surface area contributed by atoms with E-state index in [1.807, 2.05) is 60.7 Å². The zero-order valence-electron chi connectivity index (χ0n) is 27.4. The van der Waals surface area contributed by atoms with Crippen molar-refractivity contribution in [3.63, 3.8) is 0 Å². The van der Waals surface area contributed by atoms with E-state index in [0.717, 1.165) is 44.2 Å². The van der Waals surface area contributed by atoms with E-state index in [9.17, 15) is 0 Å². The second kappa shape index (κ2) is 11.3. The second-order valence-corrected chi connectivity index (χ2v) is 15.4. The Labute approximate surface area is 306 Å². The lowest BCUT2D eigenvalue weighted by atomic mass is 9.91. The Hall–Kier alpha value is -5.32. The number of ether oxygens (including phenoxy) is 2. The highest BCUT2D eigenvalue weighted by atomic mass is 32.1. The first-order chi connectivity index (χ1) is 25.6. The minimum Gasteiger partial charge on any atom is -0.487 e. The number of benzene rings is 6. The molecule has 0 atom stereocenters. The normalized spacial score (nSPS) is 17.4. The number of thiophene rings is 2. The van der Waals surface area contributed by atoms with Gasteiger partial charge in [0.1, 0.15) is 24.7 Å². The molecule has 1 aliphatic carbocycles. The van der Waals surface area contributed by atoms with E-state index in [2.05, 4.69) is 0 Å². The summed E-state index contributed by atoms with van der Waals surface area (Å²) in [5.74, 6) is -15.5. The monoisotopic (exact) mass is 750 g/mol. The van der Waals surface area contributed by atoms with Crippen molar-refractivity contribution in [2.45, 2.75) is 31.0 Å². The largest absolute Gasteiger partial charge is 0.487 e. The third kappa shape index (κ3) is 4.45. The standard InChI is InChI=1S/C43H24F6O2S2/c44-41(45)39-37-27-13-5-7-15-31(27)52-33(37)21-50-29-19-17-23-9-1-3-11-25(23)35(29)36-26-12-4-2-10-24(26)18-20-30(36)51-22-34-38(28-14-6-8-16-32(28)53-34)40(39)42(46,47)43(41,48)49/h1-20H,21-22H2. The van der Waals surface area contributed by atoms with Gasteiger partial charge in [-0.2, -0.15) is 26.3 Å². The molecule has 8 aromatic rings. The van der Waals surface area contributed by atoms with E-state index in [0.29, 0.717) is 32.0 Å². The van der Waals surface area contributed by atoms with E-state index < -0.39 is 28.9 Å². The Balaban J connectivity index is 1.36. The van der Waals surface area contributed by atoms with Crippen LogP contribution in [0.2, 0.25) is 0 Å². The molecule has 1 aliphatic heterocycles. The molecule has 0 fully saturated rings. The third-order valence-electron chi connectivity index (χ3n) is 10.3. The van der Waals surface area contributed by atoms with Crippen LogP contribution in [0.4, 0.5) is 26.3 Å². The summed E-state index contributed by atoms with van der Waals surface area (Å²) in [6, 6.07) is 35.7. The molecule has 10 rings (SSSR count). The fourth-order valence-corrected chi connectivity index (χ4v) is 10.1. The fourth-order valence-electron chi connectivity index (χ4n) is 7.88. The van der Waals surface area contributed by atoms with Gasteiger partial charge in [0, 0.05) is 53.6 Å². The first-order valence-corrected chi connectivity index (χ1v) is 18.4. The number of hydrogen-bond acceptors (Lipinski definition) is 4. The topological polar surface area (TPSA) is 18.5 Å². The molecule has 262 valence electrons. The van der Waals surface area contributed by atoms with E-state index >= 15 is 26.3 Å². The maximum absolute atomic E-state index is 16.5. The first kappa shape index (κ1) is 32.3. The Morgan fingerprint density at radius 3 is 1.23 bits per heavy atom. The summed E-state index contributed by atoms with van der Waals surface area (Å²) in [4.78, 5) is 0.247. The van der Waals surface area contributed by atoms with Crippen LogP contribution in [-0.4, -0.2) is 17.8 Å². The van der Waals surface area contributed by atoms with Gasteiger partial charge in [-0.1, -0.05) is 97.1 Å². The maximum atomic E-state index is 16.5. The highest BCUT2D eigenvalue weighted by Gasteiger charge is 2.80. The fraction of sp³-hybridized carbons (Fsp3) is 0.116. The van der Waals surface area contributed by atoms with E-state index in [4.69, 9.17) is 9.47 Å². The highest BCUT2D eigenvalue weighted by molar-refractivity contribution is 7.19. The Morgan fingerprint density at radius 1 is 0.415 bits per heavy atom. The van der Waals surface area contributed by atoms with Gasteiger partial charge in [0.2, 0.25) is 0 Å². The number of allylic oxidation sites excluding steroid dienone is 2. The van der Waals surface area contributed by atoms with Crippen molar-refractivity contribution in [2.75, 3.05) is 0 Å². The lowest BCUT2D eigenvalue weighted by Crippen LogP contribution is -2.49. The van der Waals surface area contributed by atoms with Crippen LogP contribution < -0.4 is 9.47 Å². The van der Waals surface area contributed by atoms with Gasteiger partial charge in [0.05, 0.1) is 9.75 Å². The van der Waals surface area contributed by atoms with Gasteiger partial charge in [0.15, 0.2) is 0 Å². The van der Waals surface area contributed by atoms with Gasteiger partial charge in [-0.25, -0.2) is 0 Å². The molecule has 53 heavy (non-hydrogen) atoms. The SMILES string of the molecule is FC1(F)C2=C(c3c(sc4ccccc34)COc3ccc4ccccc4c3-c3c(ccc4ccccc34)OCc3sc4ccccc4c32)C(F)(F)C1(F)F. The van der Waals surface area contributed by atoms with Gasteiger partial charge < -0.3 is 9.47 Å². The lowest BCUT2D eigenvalue weighted by molar-refractivity contribution is -0.254. The summed E-state index contributed by atoms with van der Waals surface area (Å²) < 4.78 is 112. The third-order valence-corrected chi connectivity index (χ3v) is 12.5. The van der Waals surface area contributed by atoms with Crippen LogP contribution in [0.3, 0.4) is 0 Å². The van der Waals surface area contributed by atoms with E-state index in [1.54, 1.807) is 48.5 Å². The van der Waals surface area contributed by atoms with Crippen molar-refractivity contribution in [1.82, 2.24) is 0 Å². The Kier molecular flexibility index (Phi) is 6.92. The van der Waals surface area contributed by atoms with Gasteiger partial charge in [-0.05, 0) is 45.8 Å². The number of alkyl halides is 6. The minimum absolute atomic E-state index is 0.124. The summed E-state index contributed by atoms with van der Waals surface area (Å²) in [6.07, 6.45) is 0. The molecule has 2 aliphatic rings. The van der Waals surface area contributed by atoms with Crippen molar-refractivity contribution < 1.29 is 35.8 Å². The van der Waals surface area contributed by atoms with Crippen LogP contribution in [0.25, 0.3) is 64.0 Å². The van der Waals surface area contributed by atoms with Gasteiger partial charge in [0.25, 0.3) is 0 Å². The average Bonchev–Trinajstić information content (AvgIpc) is 3.74. The van der Waals surface area contributed by atoms with Crippen LogP contribution in [0.1, 0.15) is 20.9 Å². The van der Waals surface area contributed by atoms with Gasteiger partial charge in [-0.15, -0.1) is 22.7 Å². The molecule has 0 saturated heterocycles. The van der Waals surface area contributed by atoms with Crippen molar-refractivity contribution in [3.8, 4) is 22.6 Å². The second-order valence-electron chi connectivity index (χ2n) is 13.2. The molecule has 6 aromatic carbocycles. The van der Waals surface area contributed by atoms with E-state index in [1.165, 1.54) is 12.1 Å². The first-order valence-electron chi connectivity index (χ1n) is 16.8. The molecule has 3 heterocycles. The molecule has 10 heteroatoms. The van der Waals surface area contributed by atoms with Crippen molar-refractivity contribution in [3.05, 3.63) is 142 Å². The molecule has 0 bridgehead atoms. The van der Waals surface area contributed by atoms with Crippen LogP contribution in [-0.2, 0) is 13.2 Å². The van der Waals surface area contributed by atoms with Gasteiger partial charge >= 0.3 is 17.8 Å². The molecule has 0 amide bonds. The zero-order valence-corrected chi connectivity index (χ0v) is 29.0. The van der Waals surface area contributed by atoms with Crippen molar-refractivity contribution in [1.29, 1.82) is 0 Å². The summed E-state index contributed by atoms with van der Waals surface area (Å²) >= 11 is 2.12. The maximum Gasteiger partial charge on any atom is 0.380 e. The summed E-state index contributed by atoms with van der Waals surface area (Å²) in [7, 11) is 0. The quantitative estimate of drug-likeness (QED) is 0.144. The highest BCUT2D eigenvalue weighted by Crippen LogP contribution is 2.67. The molecule has 2 aromatic heterocycles. The molecule has 2 nitrogen and oxygen atoms in total. The van der Waals surface area contributed by atoms with E-state index in [-0.39, 0.29) is 44.9 Å². The molecule has 0 N–H and O–H groups in total. The Morgan fingerprint density at radius 2 is 0.792 bits per heavy atom. The number of halogens is 6. The Bertz CT molecular complexity index is 2660. The average molecular weight is 751 g/mol. The van der Waals surface area contributed by atoms with Crippen LogP contribution >= 0.6 is 22.7 Å². The minimum atomic E-state index is -5.74. The predicted molar refractivity (Wildman–Crippen MR) is 201 cm³/mol. The molecular weight excluding hydrogens is 727 g/mol. The zero-order chi connectivity index (χ0) is 36.3. The molecule has 0 spiro atoms. The number of rotatable bonds is 0. The van der Waals surface area contributed by atoms with Crippen LogP contribution in [0, 0.1) is 0 Å². The lowest BCUT2D eigenvalue weighted by Gasteiger charge is -2.26. The number of fused-ring (bicyclic) bond motifs is 15.